The molecule has 118 valence electrons. The first-order valence-corrected chi connectivity index (χ1v) is 7.83. The van der Waals surface area contributed by atoms with Crippen molar-refractivity contribution in [1.82, 2.24) is 10.2 Å². The molecule has 1 fully saturated rings. The summed E-state index contributed by atoms with van der Waals surface area (Å²) in [6, 6.07) is 7.92. The van der Waals surface area contributed by atoms with E-state index in [1.807, 2.05) is 43.0 Å². The van der Waals surface area contributed by atoms with Crippen molar-refractivity contribution >= 4 is 11.8 Å². The first-order valence-electron chi connectivity index (χ1n) is 7.83. The average molecular weight is 300 g/mol. The van der Waals surface area contributed by atoms with Gasteiger partial charge in [0.1, 0.15) is 0 Å². The molecule has 0 radical (unpaired) electrons. The quantitative estimate of drug-likeness (QED) is 0.850. The van der Waals surface area contributed by atoms with Crippen molar-refractivity contribution in [3.8, 4) is 0 Å². The Hall–Kier alpha value is -2.10. The minimum absolute atomic E-state index is 0.00331. The van der Waals surface area contributed by atoms with Gasteiger partial charge in [0.05, 0.1) is 12.0 Å². The summed E-state index contributed by atoms with van der Waals surface area (Å²) in [7, 11) is 0. The largest absolute Gasteiger partial charge is 0.352 e. The number of carbonyl (C=O) groups is 2. The van der Waals surface area contributed by atoms with Crippen LogP contribution in [0.25, 0.3) is 0 Å². The lowest BCUT2D eigenvalue weighted by Crippen LogP contribution is -2.48. The number of rotatable bonds is 5. The van der Waals surface area contributed by atoms with E-state index < -0.39 is 0 Å². The van der Waals surface area contributed by atoms with Gasteiger partial charge in [-0.05, 0) is 25.8 Å². The molecule has 0 spiro atoms. The van der Waals surface area contributed by atoms with Crippen molar-refractivity contribution in [2.45, 2.75) is 32.7 Å². The normalized spacial score (nSPS) is 21.5. The Kier molecular flexibility index (Phi) is 5.36. The second-order valence-electron chi connectivity index (χ2n) is 5.71. The van der Waals surface area contributed by atoms with E-state index in [4.69, 9.17) is 0 Å². The van der Waals surface area contributed by atoms with Crippen LogP contribution in [0.1, 0.15) is 36.9 Å². The molecule has 2 atom stereocenters. The summed E-state index contributed by atoms with van der Waals surface area (Å²) in [5.74, 6) is -0.0856. The number of carbonyl (C=O) groups excluding carboxylic acids is 2. The number of nitrogens with one attached hydrogen (secondary N) is 1. The molecule has 1 aliphatic heterocycles. The topological polar surface area (TPSA) is 49.4 Å². The Bertz CT molecular complexity index is 551. The second-order valence-corrected chi connectivity index (χ2v) is 5.71. The zero-order valence-corrected chi connectivity index (χ0v) is 13.3. The fourth-order valence-electron chi connectivity index (χ4n) is 3.08. The van der Waals surface area contributed by atoms with Crippen molar-refractivity contribution < 1.29 is 9.59 Å². The predicted octanol–water partition coefficient (Wildman–Crippen LogP) is 2.60. The lowest BCUT2D eigenvalue weighted by Gasteiger charge is -2.40. The van der Waals surface area contributed by atoms with Gasteiger partial charge in [0.2, 0.25) is 11.8 Å². The molecule has 1 saturated heterocycles. The van der Waals surface area contributed by atoms with Crippen molar-refractivity contribution in [2.24, 2.45) is 5.92 Å². The lowest BCUT2D eigenvalue weighted by molar-refractivity contribution is -0.143. The second kappa shape index (κ2) is 7.25. The Morgan fingerprint density at radius 1 is 1.41 bits per heavy atom. The summed E-state index contributed by atoms with van der Waals surface area (Å²) in [6.45, 7) is 8.69. The summed E-state index contributed by atoms with van der Waals surface area (Å²) in [5.41, 5.74) is 2.20. The number of aryl methyl sites for hydroxylation is 1. The molecule has 1 aliphatic rings. The van der Waals surface area contributed by atoms with E-state index in [1.54, 1.807) is 6.08 Å². The number of nitrogens with zero attached hydrogens (tertiary/aromatic N) is 1. The first kappa shape index (κ1) is 16.3. The van der Waals surface area contributed by atoms with Crippen LogP contribution in [0.3, 0.4) is 0 Å². The van der Waals surface area contributed by atoms with Gasteiger partial charge in [-0.3, -0.25) is 9.59 Å². The number of hydrogen-bond donors (Lipinski definition) is 1. The third-order valence-electron chi connectivity index (χ3n) is 4.22. The number of amides is 2. The molecule has 1 heterocycles. The van der Waals surface area contributed by atoms with E-state index in [9.17, 15) is 9.59 Å². The maximum Gasteiger partial charge on any atom is 0.225 e. The minimum atomic E-state index is -0.208. The van der Waals surface area contributed by atoms with Gasteiger partial charge in [-0.1, -0.05) is 35.9 Å². The van der Waals surface area contributed by atoms with Crippen LogP contribution in [-0.2, 0) is 9.59 Å². The fraction of sp³-hybridized carbons (Fsp3) is 0.444. The molecule has 22 heavy (non-hydrogen) atoms. The minimum Gasteiger partial charge on any atom is -0.352 e. The molecule has 0 aromatic heterocycles. The molecule has 0 aliphatic carbocycles. The summed E-state index contributed by atoms with van der Waals surface area (Å²) in [6.07, 6.45) is 2.70. The highest BCUT2D eigenvalue weighted by Gasteiger charge is 2.39. The van der Waals surface area contributed by atoms with Gasteiger partial charge in [-0.15, -0.1) is 6.58 Å². The zero-order chi connectivity index (χ0) is 16.1. The van der Waals surface area contributed by atoms with Crippen LogP contribution in [0.4, 0.5) is 0 Å². The van der Waals surface area contributed by atoms with Gasteiger partial charge >= 0.3 is 0 Å². The lowest BCUT2D eigenvalue weighted by atomic mass is 9.83. The van der Waals surface area contributed by atoms with Crippen molar-refractivity contribution in [2.75, 3.05) is 13.1 Å². The predicted molar refractivity (Wildman–Crippen MR) is 87.2 cm³/mol. The van der Waals surface area contributed by atoms with Crippen LogP contribution in [0.5, 0.6) is 0 Å². The van der Waals surface area contributed by atoms with Gasteiger partial charge in [-0.2, -0.15) is 0 Å². The summed E-state index contributed by atoms with van der Waals surface area (Å²) < 4.78 is 0. The molecule has 2 rings (SSSR count). The van der Waals surface area contributed by atoms with Gasteiger partial charge < -0.3 is 10.2 Å². The highest BCUT2D eigenvalue weighted by atomic mass is 16.2. The van der Waals surface area contributed by atoms with E-state index in [0.717, 1.165) is 5.56 Å². The average Bonchev–Trinajstić information content (AvgIpc) is 2.53. The monoisotopic (exact) mass is 300 g/mol. The van der Waals surface area contributed by atoms with Gasteiger partial charge in [0, 0.05) is 19.5 Å². The molecule has 0 saturated carbocycles. The molecule has 0 bridgehead atoms. The number of piperidine rings is 1. The van der Waals surface area contributed by atoms with E-state index in [2.05, 4.69) is 11.9 Å². The molecule has 4 heteroatoms. The molecular weight excluding hydrogens is 276 g/mol. The fourth-order valence-corrected chi connectivity index (χ4v) is 3.08. The maximum absolute atomic E-state index is 12.5. The van der Waals surface area contributed by atoms with E-state index >= 15 is 0 Å². The number of benzene rings is 1. The van der Waals surface area contributed by atoms with E-state index in [-0.39, 0.29) is 23.8 Å². The Labute approximate surface area is 132 Å². The van der Waals surface area contributed by atoms with Crippen molar-refractivity contribution in [3.05, 3.63) is 48.0 Å². The third-order valence-corrected chi connectivity index (χ3v) is 4.22. The Morgan fingerprint density at radius 2 is 2.09 bits per heavy atom. The first-order chi connectivity index (χ1) is 10.6. The Morgan fingerprint density at radius 3 is 2.68 bits per heavy atom. The summed E-state index contributed by atoms with van der Waals surface area (Å²) in [5, 5.41) is 2.88. The molecule has 4 nitrogen and oxygen atoms in total. The maximum atomic E-state index is 12.5. The standard InChI is InChI=1S/C18H24N2O2/c1-4-12-19-18(22)15-10-11-16(21)20(5-2)17(15)14-8-6-13(3)7-9-14/h4,6-9,15,17H,1,5,10-12H2,2-3H3,(H,19,22)/t15-,17+/m1/s1. The SMILES string of the molecule is C=CCNC(=O)[C@@H]1CCC(=O)N(CC)[C@H]1c1ccc(C)cc1. The van der Waals surface area contributed by atoms with Crippen LogP contribution in [0.2, 0.25) is 0 Å². The smallest absolute Gasteiger partial charge is 0.225 e. The third kappa shape index (κ3) is 3.38. The highest BCUT2D eigenvalue weighted by molar-refractivity contribution is 5.85. The molecule has 1 aromatic carbocycles. The van der Waals surface area contributed by atoms with Gasteiger partial charge in [-0.25, -0.2) is 0 Å². The van der Waals surface area contributed by atoms with E-state index in [0.29, 0.717) is 25.9 Å². The van der Waals surface area contributed by atoms with E-state index in [1.165, 1.54) is 5.56 Å². The van der Waals surface area contributed by atoms with Crippen LogP contribution < -0.4 is 5.32 Å². The molecular formula is C18H24N2O2. The molecule has 2 amide bonds. The van der Waals surface area contributed by atoms with Crippen molar-refractivity contribution in [3.63, 3.8) is 0 Å². The molecule has 1 aromatic rings. The van der Waals surface area contributed by atoms with Crippen LogP contribution in [-0.4, -0.2) is 29.8 Å². The van der Waals surface area contributed by atoms with Crippen LogP contribution in [0.15, 0.2) is 36.9 Å². The van der Waals surface area contributed by atoms with Crippen molar-refractivity contribution in [1.29, 1.82) is 0 Å². The molecule has 1 N–H and O–H groups in total. The molecule has 0 unspecified atom stereocenters. The van der Waals surface area contributed by atoms with Gasteiger partial charge in [0.15, 0.2) is 0 Å². The van der Waals surface area contributed by atoms with Crippen LogP contribution in [0, 0.1) is 12.8 Å². The zero-order valence-electron chi connectivity index (χ0n) is 13.3. The number of likely N-dealkylation sites (tertiary alicyclic amines) is 1. The van der Waals surface area contributed by atoms with Crippen LogP contribution >= 0.6 is 0 Å². The Balaban J connectivity index is 2.33. The highest BCUT2D eigenvalue weighted by Crippen LogP contribution is 2.36. The summed E-state index contributed by atoms with van der Waals surface area (Å²) in [4.78, 5) is 26.5. The van der Waals surface area contributed by atoms with Gasteiger partial charge in [0.25, 0.3) is 0 Å². The summed E-state index contributed by atoms with van der Waals surface area (Å²) >= 11 is 0. The number of hydrogen-bond acceptors (Lipinski definition) is 2.